The molecule has 0 radical (unpaired) electrons. The summed E-state index contributed by atoms with van der Waals surface area (Å²) in [7, 11) is 0. The van der Waals surface area contributed by atoms with Crippen LogP contribution in [-0.2, 0) is 15.8 Å². The first-order valence-electron chi connectivity index (χ1n) is 8.28. The maximum Gasteiger partial charge on any atom is 0.418 e. The van der Waals surface area contributed by atoms with E-state index < -0.39 is 17.6 Å². The van der Waals surface area contributed by atoms with Crippen LogP contribution in [0.1, 0.15) is 25.3 Å². The molecule has 1 aliphatic heterocycles. The first kappa shape index (κ1) is 19.2. The third-order valence-electron chi connectivity index (χ3n) is 4.22. The van der Waals surface area contributed by atoms with E-state index in [1.165, 1.54) is 23.1 Å². The quantitative estimate of drug-likeness (QED) is 0.851. The van der Waals surface area contributed by atoms with Crippen LogP contribution >= 0.6 is 0 Å². The fourth-order valence-corrected chi connectivity index (χ4v) is 2.88. The summed E-state index contributed by atoms with van der Waals surface area (Å²) >= 11 is 0. The zero-order valence-corrected chi connectivity index (χ0v) is 14.0. The number of anilines is 1. The summed E-state index contributed by atoms with van der Waals surface area (Å²) in [5, 5.41) is 5.44. The minimum atomic E-state index is -4.56. The van der Waals surface area contributed by atoms with Gasteiger partial charge in [0.1, 0.15) is 0 Å². The van der Waals surface area contributed by atoms with Crippen molar-refractivity contribution in [1.29, 1.82) is 0 Å². The molecule has 2 N–H and O–H groups in total. The molecule has 0 atom stereocenters. The van der Waals surface area contributed by atoms with E-state index in [-0.39, 0.29) is 24.1 Å². The lowest BCUT2D eigenvalue weighted by molar-refractivity contribution is -0.139. The Labute approximate surface area is 144 Å². The van der Waals surface area contributed by atoms with Crippen molar-refractivity contribution >= 4 is 17.5 Å². The molecule has 1 aromatic carbocycles. The molecular formula is C17H22F3N3O2. The summed E-state index contributed by atoms with van der Waals surface area (Å²) in [5.41, 5.74) is -1.21. The van der Waals surface area contributed by atoms with Gasteiger partial charge in [-0.1, -0.05) is 12.1 Å². The minimum Gasteiger partial charge on any atom is -0.333 e. The van der Waals surface area contributed by atoms with Gasteiger partial charge in [0, 0.05) is 12.5 Å². The predicted octanol–water partition coefficient (Wildman–Crippen LogP) is 2.49. The number of rotatable bonds is 5. The minimum absolute atomic E-state index is 0.122. The number of hydrogen-bond donors (Lipinski definition) is 2. The molecule has 0 bridgehead atoms. The Kier molecular flexibility index (Phi) is 6.41. The largest absolute Gasteiger partial charge is 0.418 e. The van der Waals surface area contributed by atoms with Crippen LogP contribution in [0.2, 0.25) is 0 Å². The summed E-state index contributed by atoms with van der Waals surface area (Å²) in [6, 6.07) is 4.79. The summed E-state index contributed by atoms with van der Waals surface area (Å²) in [6.45, 7) is 3.32. The molecule has 0 saturated carbocycles. The molecular weight excluding hydrogens is 335 g/mol. The smallest absolute Gasteiger partial charge is 0.333 e. The number of benzene rings is 1. The van der Waals surface area contributed by atoms with Crippen LogP contribution in [0.4, 0.5) is 18.9 Å². The van der Waals surface area contributed by atoms with Crippen molar-refractivity contribution < 1.29 is 22.8 Å². The van der Waals surface area contributed by atoms with E-state index in [0.717, 1.165) is 19.2 Å². The van der Waals surface area contributed by atoms with Gasteiger partial charge in [-0.15, -0.1) is 0 Å². The van der Waals surface area contributed by atoms with E-state index in [2.05, 4.69) is 10.6 Å². The van der Waals surface area contributed by atoms with Crippen LogP contribution in [0.5, 0.6) is 0 Å². The van der Waals surface area contributed by atoms with Crippen molar-refractivity contribution in [3.63, 3.8) is 0 Å². The topological polar surface area (TPSA) is 61.4 Å². The van der Waals surface area contributed by atoms with Crippen molar-refractivity contribution in [3.05, 3.63) is 29.8 Å². The van der Waals surface area contributed by atoms with Crippen LogP contribution in [-0.4, -0.2) is 42.9 Å². The fourth-order valence-electron chi connectivity index (χ4n) is 2.88. The number of nitrogens with zero attached hydrogens (tertiary/aromatic N) is 1. The Morgan fingerprint density at radius 2 is 1.88 bits per heavy atom. The lowest BCUT2D eigenvalue weighted by Gasteiger charge is -2.28. The number of piperidine rings is 1. The standard InChI is InChI=1S/C17H22F3N3O2/c1-2-23(16(25)12-7-9-21-10-8-12)11-15(24)22-14-6-4-3-5-13(14)17(18,19)20/h3-6,12,21H,2,7-11H2,1H3,(H,22,24). The molecule has 1 heterocycles. The second-order valence-corrected chi connectivity index (χ2v) is 5.97. The van der Waals surface area contributed by atoms with Gasteiger partial charge in [-0.2, -0.15) is 13.2 Å². The van der Waals surface area contributed by atoms with Gasteiger partial charge < -0.3 is 15.5 Å². The van der Waals surface area contributed by atoms with Crippen molar-refractivity contribution in [2.24, 2.45) is 5.92 Å². The molecule has 1 fully saturated rings. The van der Waals surface area contributed by atoms with Gasteiger partial charge in [0.25, 0.3) is 0 Å². The summed E-state index contributed by atoms with van der Waals surface area (Å²) in [5.74, 6) is -0.902. The first-order chi connectivity index (χ1) is 11.8. The molecule has 0 aromatic heterocycles. The van der Waals surface area contributed by atoms with Crippen molar-refractivity contribution in [1.82, 2.24) is 10.2 Å². The average molecular weight is 357 g/mol. The predicted molar refractivity (Wildman–Crippen MR) is 87.9 cm³/mol. The van der Waals surface area contributed by atoms with Gasteiger partial charge in [-0.25, -0.2) is 0 Å². The molecule has 8 heteroatoms. The van der Waals surface area contributed by atoms with Crippen LogP contribution in [0.15, 0.2) is 24.3 Å². The Bertz CT molecular complexity index is 613. The SMILES string of the molecule is CCN(CC(=O)Nc1ccccc1C(F)(F)F)C(=O)C1CCNCC1. The molecule has 25 heavy (non-hydrogen) atoms. The summed E-state index contributed by atoms with van der Waals surface area (Å²) in [6.07, 6.45) is -3.15. The van der Waals surface area contributed by atoms with Crippen molar-refractivity contribution in [2.45, 2.75) is 25.9 Å². The van der Waals surface area contributed by atoms with Gasteiger partial charge in [0.15, 0.2) is 0 Å². The Morgan fingerprint density at radius 3 is 2.48 bits per heavy atom. The monoisotopic (exact) mass is 357 g/mol. The molecule has 1 saturated heterocycles. The molecule has 5 nitrogen and oxygen atoms in total. The number of carbonyl (C=O) groups excluding carboxylic acids is 2. The number of amides is 2. The molecule has 2 rings (SSSR count). The number of nitrogens with one attached hydrogen (secondary N) is 2. The average Bonchev–Trinajstić information content (AvgIpc) is 2.59. The number of likely N-dealkylation sites (N-methyl/N-ethyl adjacent to an activating group) is 1. The Balaban J connectivity index is 2.02. The van der Waals surface area contributed by atoms with Gasteiger partial charge in [0.2, 0.25) is 11.8 Å². The van der Waals surface area contributed by atoms with Crippen LogP contribution in [0.3, 0.4) is 0 Å². The second kappa shape index (κ2) is 8.33. The third-order valence-corrected chi connectivity index (χ3v) is 4.22. The highest BCUT2D eigenvalue weighted by Gasteiger charge is 2.34. The molecule has 2 amide bonds. The van der Waals surface area contributed by atoms with Crippen LogP contribution < -0.4 is 10.6 Å². The van der Waals surface area contributed by atoms with E-state index in [1.807, 2.05) is 0 Å². The maximum absolute atomic E-state index is 13.0. The van der Waals surface area contributed by atoms with E-state index in [1.54, 1.807) is 6.92 Å². The zero-order valence-electron chi connectivity index (χ0n) is 14.0. The number of alkyl halides is 3. The number of carbonyl (C=O) groups is 2. The Hall–Kier alpha value is -2.09. The number of halogens is 3. The van der Waals surface area contributed by atoms with E-state index in [0.29, 0.717) is 19.4 Å². The van der Waals surface area contributed by atoms with Crippen LogP contribution in [0.25, 0.3) is 0 Å². The number of para-hydroxylation sites is 1. The van der Waals surface area contributed by atoms with E-state index >= 15 is 0 Å². The van der Waals surface area contributed by atoms with Crippen LogP contribution in [0, 0.1) is 5.92 Å². The zero-order chi connectivity index (χ0) is 18.4. The van der Waals surface area contributed by atoms with Crippen molar-refractivity contribution in [2.75, 3.05) is 31.5 Å². The highest BCUT2D eigenvalue weighted by molar-refractivity contribution is 5.95. The molecule has 1 aromatic rings. The normalized spacial score (nSPS) is 15.7. The molecule has 1 aliphatic rings. The maximum atomic E-state index is 13.0. The number of hydrogen-bond acceptors (Lipinski definition) is 3. The highest BCUT2D eigenvalue weighted by Crippen LogP contribution is 2.34. The molecule has 0 spiro atoms. The summed E-state index contributed by atoms with van der Waals surface area (Å²) in [4.78, 5) is 26.0. The van der Waals surface area contributed by atoms with Gasteiger partial charge in [-0.3, -0.25) is 9.59 Å². The lowest BCUT2D eigenvalue weighted by Crippen LogP contribution is -2.44. The van der Waals surface area contributed by atoms with E-state index in [4.69, 9.17) is 0 Å². The van der Waals surface area contributed by atoms with Gasteiger partial charge in [0.05, 0.1) is 17.8 Å². The third kappa shape index (κ3) is 5.19. The van der Waals surface area contributed by atoms with Gasteiger partial charge >= 0.3 is 6.18 Å². The lowest BCUT2D eigenvalue weighted by atomic mass is 9.96. The summed E-state index contributed by atoms with van der Waals surface area (Å²) < 4.78 is 38.9. The van der Waals surface area contributed by atoms with Gasteiger partial charge in [-0.05, 0) is 45.0 Å². The van der Waals surface area contributed by atoms with Crippen molar-refractivity contribution in [3.8, 4) is 0 Å². The first-order valence-corrected chi connectivity index (χ1v) is 8.28. The molecule has 138 valence electrons. The Morgan fingerprint density at radius 1 is 1.24 bits per heavy atom. The molecule has 0 aliphatic carbocycles. The second-order valence-electron chi connectivity index (χ2n) is 5.97. The van der Waals surface area contributed by atoms with E-state index in [9.17, 15) is 22.8 Å². The molecule has 0 unspecified atom stereocenters. The fraction of sp³-hybridized carbons (Fsp3) is 0.529. The highest BCUT2D eigenvalue weighted by atomic mass is 19.4.